The lowest BCUT2D eigenvalue weighted by Gasteiger charge is -2.02. The summed E-state index contributed by atoms with van der Waals surface area (Å²) in [4.78, 5) is 3.84. The monoisotopic (exact) mass is 170 g/mol. The Labute approximate surface area is 71.7 Å². The minimum absolute atomic E-state index is 0.747. The van der Waals surface area contributed by atoms with Gasteiger partial charge in [0.15, 0.2) is 0 Å². The maximum atomic E-state index is 4.88. The number of methoxy groups -OCH3 is 1. The van der Waals surface area contributed by atoms with Gasteiger partial charge in [-0.15, -0.1) is 0 Å². The molecule has 1 rings (SSSR count). The average molecular weight is 170 g/mol. The summed E-state index contributed by atoms with van der Waals surface area (Å²) in [6.07, 6.45) is 3.24. The molecule has 0 saturated heterocycles. The fourth-order valence-electron chi connectivity index (χ4n) is 0.841. The maximum absolute atomic E-state index is 4.88. The predicted molar refractivity (Wildman–Crippen MR) is 44.8 cm³/mol. The van der Waals surface area contributed by atoms with Gasteiger partial charge in [-0.1, -0.05) is 0 Å². The number of hydrogen-bond acceptors (Lipinski definition) is 4. The fraction of sp³-hybridized carbons (Fsp3) is 0.714. The van der Waals surface area contributed by atoms with Crippen molar-refractivity contribution in [3.63, 3.8) is 0 Å². The number of aromatic nitrogens is 3. The van der Waals surface area contributed by atoms with Crippen molar-refractivity contribution in [2.24, 2.45) is 0 Å². The van der Waals surface area contributed by atoms with Gasteiger partial charge in [0.2, 0.25) is 0 Å². The molecule has 1 aromatic heterocycles. The molecule has 1 heterocycles. The quantitative estimate of drug-likeness (QED) is 0.585. The molecule has 0 amide bonds. The van der Waals surface area contributed by atoms with Gasteiger partial charge in [0.25, 0.3) is 0 Å². The van der Waals surface area contributed by atoms with E-state index >= 15 is 0 Å². The lowest BCUT2D eigenvalue weighted by molar-refractivity contribution is 0.199. The number of ether oxygens (including phenoxy) is 1. The van der Waals surface area contributed by atoms with Crippen LogP contribution in [0.25, 0.3) is 0 Å². The normalized spacial score (nSPS) is 10.4. The van der Waals surface area contributed by atoms with Gasteiger partial charge in [0, 0.05) is 20.2 Å². The molecule has 0 unspecified atom stereocenters. The van der Waals surface area contributed by atoms with Gasteiger partial charge < -0.3 is 10.1 Å². The van der Waals surface area contributed by atoms with Crippen LogP contribution in [-0.4, -0.2) is 41.6 Å². The van der Waals surface area contributed by atoms with Crippen molar-refractivity contribution in [3.8, 4) is 0 Å². The minimum atomic E-state index is 0.747. The van der Waals surface area contributed by atoms with Crippen molar-refractivity contribution in [1.82, 2.24) is 20.1 Å². The van der Waals surface area contributed by atoms with Crippen molar-refractivity contribution >= 4 is 0 Å². The van der Waals surface area contributed by atoms with Crippen LogP contribution in [0.15, 0.2) is 12.7 Å². The Morgan fingerprint density at radius 3 is 3.08 bits per heavy atom. The summed E-state index contributed by atoms with van der Waals surface area (Å²) in [5.74, 6) is 0. The molecule has 0 radical (unpaired) electrons. The molecule has 0 aliphatic rings. The van der Waals surface area contributed by atoms with Crippen molar-refractivity contribution in [2.75, 3.05) is 26.8 Å². The largest absolute Gasteiger partial charge is 0.383 e. The molecule has 0 saturated carbocycles. The molecule has 68 valence electrons. The third kappa shape index (κ3) is 3.45. The van der Waals surface area contributed by atoms with Crippen molar-refractivity contribution in [1.29, 1.82) is 0 Å². The molecule has 5 heteroatoms. The van der Waals surface area contributed by atoms with Gasteiger partial charge >= 0.3 is 0 Å². The fourth-order valence-corrected chi connectivity index (χ4v) is 0.841. The van der Waals surface area contributed by atoms with Crippen LogP contribution in [0.4, 0.5) is 0 Å². The number of rotatable bonds is 6. The van der Waals surface area contributed by atoms with E-state index in [1.807, 2.05) is 0 Å². The number of nitrogens with zero attached hydrogens (tertiary/aromatic N) is 3. The van der Waals surface area contributed by atoms with Crippen LogP contribution >= 0.6 is 0 Å². The van der Waals surface area contributed by atoms with Crippen LogP contribution in [-0.2, 0) is 11.3 Å². The highest BCUT2D eigenvalue weighted by Gasteiger charge is 1.89. The zero-order chi connectivity index (χ0) is 8.65. The molecular weight excluding hydrogens is 156 g/mol. The van der Waals surface area contributed by atoms with Gasteiger partial charge in [-0.3, -0.25) is 4.68 Å². The van der Waals surface area contributed by atoms with Crippen LogP contribution in [0.2, 0.25) is 0 Å². The van der Waals surface area contributed by atoms with Gasteiger partial charge in [0.1, 0.15) is 12.7 Å². The van der Waals surface area contributed by atoms with Crippen LogP contribution in [0.3, 0.4) is 0 Å². The third-order valence-electron chi connectivity index (χ3n) is 1.47. The predicted octanol–water partition coefficient (Wildman–Crippen LogP) is -0.486. The minimum Gasteiger partial charge on any atom is -0.383 e. The molecule has 0 spiro atoms. The van der Waals surface area contributed by atoms with E-state index in [0.717, 1.165) is 26.2 Å². The first-order chi connectivity index (χ1) is 5.93. The summed E-state index contributed by atoms with van der Waals surface area (Å²) in [5.41, 5.74) is 0. The Balaban J connectivity index is 1.96. The van der Waals surface area contributed by atoms with E-state index in [1.54, 1.807) is 18.1 Å². The first-order valence-electron chi connectivity index (χ1n) is 3.95. The van der Waals surface area contributed by atoms with Crippen LogP contribution < -0.4 is 5.32 Å². The molecule has 0 bridgehead atoms. The van der Waals surface area contributed by atoms with E-state index in [-0.39, 0.29) is 0 Å². The second-order valence-electron chi connectivity index (χ2n) is 2.40. The van der Waals surface area contributed by atoms with Crippen molar-refractivity contribution in [3.05, 3.63) is 12.7 Å². The second kappa shape index (κ2) is 5.68. The standard InChI is InChI=1S/C7H14N4O/c1-12-5-3-8-2-4-11-7-9-6-10-11/h6-8H,2-5H2,1H3. The van der Waals surface area contributed by atoms with E-state index in [4.69, 9.17) is 4.74 Å². The van der Waals surface area contributed by atoms with Crippen molar-refractivity contribution < 1.29 is 4.74 Å². The van der Waals surface area contributed by atoms with Gasteiger partial charge in [-0.05, 0) is 0 Å². The summed E-state index contributed by atoms with van der Waals surface area (Å²) in [6.45, 7) is 3.37. The first kappa shape index (κ1) is 9.15. The highest BCUT2D eigenvalue weighted by molar-refractivity contribution is 4.56. The average Bonchev–Trinajstić information content (AvgIpc) is 2.57. The lowest BCUT2D eigenvalue weighted by Crippen LogP contribution is -2.23. The molecule has 1 N–H and O–H groups in total. The smallest absolute Gasteiger partial charge is 0.137 e. The zero-order valence-electron chi connectivity index (χ0n) is 7.23. The molecule has 0 aliphatic heterocycles. The highest BCUT2D eigenvalue weighted by Crippen LogP contribution is 1.77. The Bertz CT molecular complexity index is 187. The highest BCUT2D eigenvalue weighted by atomic mass is 16.5. The number of hydrogen-bond donors (Lipinski definition) is 1. The Hall–Kier alpha value is -0.940. The van der Waals surface area contributed by atoms with E-state index < -0.39 is 0 Å². The Morgan fingerprint density at radius 1 is 1.50 bits per heavy atom. The summed E-state index contributed by atoms with van der Waals surface area (Å²) < 4.78 is 6.67. The molecule has 0 atom stereocenters. The van der Waals surface area contributed by atoms with E-state index in [1.165, 1.54) is 6.33 Å². The van der Waals surface area contributed by atoms with Gasteiger partial charge in [0.05, 0.1) is 13.2 Å². The zero-order valence-corrected chi connectivity index (χ0v) is 7.23. The summed E-state index contributed by atoms with van der Waals surface area (Å²) in [6, 6.07) is 0. The van der Waals surface area contributed by atoms with Crippen LogP contribution in [0.1, 0.15) is 0 Å². The molecular formula is C7H14N4O. The first-order valence-corrected chi connectivity index (χ1v) is 3.95. The molecule has 0 aromatic carbocycles. The molecule has 1 aromatic rings. The van der Waals surface area contributed by atoms with E-state index in [2.05, 4.69) is 15.4 Å². The summed E-state index contributed by atoms with van der Waals surface area (Å²) >= 11 is 0. The Morgan fingerprint density at radius 2 is 2.42 bits per heavy atom. The van der Waals surface area contributed by atoms with E-state index in [0.29, 0.717) is 0 Å². The SMILES string of the molecule is COCCNCCn1cncn1. The van der Waals surface area contributed by atoms with Gasteiger partial charge in [-0.2, -0.15) is 5.10 Å². The molecule has 0 fully saturated rings. The van der Waals surface area contributed by atoms with Crippen molar-refractivity contribution in [2.45, 2.75) is 6.54 Å². The van der Waals surface area contributed by atoms with E-state index in [9.17, 15) is 0 Å². The topological polar surface area (TPSA) is 52.0 Å². The second-order valence-corrected chi connectivity index (χ2v) is 2.40. The molecule has 0 aliphatic carbocycles. The van der Waals surface area contributed by atoms with Crippen LogP contribution in [0.5, 0.6) is 0 Å². The third-order valence-corrected chi connectivity index (χ3v) is 1.47. The van der Waals surface area contributed by atoms with Crippen LogP contribution in [0, 0.1) is 0 Å². The summed E-state index contributed by atoms with van der Waals surface area (Å²) in [7, 11) is 1.69. The number of nitrogens with one attached hydrogen (secondary N) is 1. The lowest BCUT2D eigenvalue weighted by atomic mass is 10.6. The Kier molecular flexibility index (Phi) is 4.33. The maximum Gasteiger partial charge on any atom is 0.137 e. The summed E-state index contributed by atoms with van der Waals surface area (Å²) in [5, 5.41) is 7.18. The van der Waals surface area contributed by atoms with Gasteiger partial charge in [-0.25, -0.2) is 4.98 Å². The molecule has 12 heavy (non-hydrogen) atoms. The molecule has 5 nitrogen and oxygen atoms in total.